The van der Waals surface area contributed by atoms with Gasteiger partial charge >= 0.3 is 0 Å². The summed E-state index contributed by atoms with van der Waals surface area (Å²) < 4.78 is 15.8. The second kappa shape index (κ2) is 8.97. The number of thioether (sulfide) groups is 1. The number of benzene rings is 2. The van der Waals surface area contributed by atoms with Gasteiger partial charge in [-0.15, -0.1) is 0 Å². The van der Waals surface area contributed by atoms with Crippen molar-refractivity contribution in [3.63, 3.8) is 0 Å². The molecule has 7 nitrogen and oxygen atoms in total. The summed E-state index contributed by atoms with van der Waals surface area (Å²) in [5.74, 6) is 0.950. The minimum absolute atomic E-state index is 0.232. The van der Waals surface area contributed by atoms with Crippen molar-refractivity contribution < 1.29 is 23.8 Å². The molecule has 1 N–H and O–H groups in total. The van der Waals surface area contributed by atoms with E-state index in [1.165, 1.54) is 7.11 Å². The first-order valence-corrected chi connectivity index (χ1v) is 9.64. The highest BCUT2D eigenvalue weighted by Gasteiger charge is 2.34. The third kappa shape index (κ3) is 4.52. The number of hydrazine groups is 1. The molecular weight excluding hydrogens is 412 g/mol. The van der Waals surface area contributed by atoms with Crippen molar-refractivity contribution in [1.82, 2.24) is 10.4 Å². The molecule has 1 aliphatic rings. The number of hydrogen-bond acceptors (Lipinski definition) is 7. The van der Waals surface area contributed by atoms with Gasteiger partial charge in [0.15, 0.2) is 4.32 Å². The van der Waals surface area contributed by atoms with Crippen molar-refractivity contribution in [3.8, 4) is 17.2 Å². The summed E-state index contributed by atoms with van der Waals surface area (Å²) >= 11 is 6.36. The van der Waals surface area contributed by atoms with Crippen LogP contribution in [0.3, 0.4) is 0 Å². The SMILES string of the molecule is COc1ccc(C(=O)NN2C(=O)/C(=C\c3ccc(OC)cc3OC)SC2=S)cc1. The first-order chi connectivity index (χ1) is 14.0. The van der Waals surface area contributed by atoms with Crippen molar-refractivity contribution >= 4 is 46.2 Å². The Labute approximate surface area is 177 Å². The van der Waals surface area contributed by atoms with Gasteiger partial charge in [-0.1, -0.05) is 11.8 Å². The third-order valence-corrected chi connectivity index (χ3v) is 5.39. The summed E-state index contributed by atoms with van der Waals surface area (Å²) in [5.41, 5.74) is 3.61. The summed E-state index contributed by atoms with van der Waals surface area (Å²) in [5, 5.41) is 1.06. The molecule has 0 atom stereocenters. The van der Waals surface area contributed by atoms with Gasteiger partial charge < -0.3 is 14.2 Å². The number of nitrogens with one attached hydrogen (secondary N) is 1. The van der Waals surface area contributed by atoms with Gasteiger partial charge in [0.1, 0.15) is 17.2 Å². The molecule has 0 spiro atoms. The minimum Gasteiger partial charge on any atom is -0.497 e. The second-order valence-corrected chi connectivity index (χ2v) is 7.47. The van der Waals surface area contributed by atoms with Gasteiger partial charge in [-0.25, -0.2) is 0 Å². The lowest BCUT2D eigenvalue weighted by Crippen LogP contribution is -2.44. The van der Waals surface area contributed by atoms with Gasteiger partial charge in [-0.3, -0.25) is 15.0 Å². The van der Waals surface area contributed by atoms with Gasteiger partial charge in [-0.05, 0) is 54.7 Å². The summed E-state index contributed by atoms with van der Waals surface area (Å²) in [7, 11) is 4.64. The predicted molar refractivity (Wildman–Crippen MR) is 115 cm³/mol. The first kappa shape index (κ1) is 20.7. The molecule has 0 bridgehead atoms. The molecule has 1 fully saturated rings. The molecule has 1 heterocycles. The largest absolute Gasteiger partial charge is 0.497 e. The van der Waals surface area contributed by atoms with E-state index in [4.69, 9.17) is 26.4 Å². The highest BCUT2D eigenvalue weighted by molar-refractivity contribution is 8.26. The van der Waals surface area contributed by atoms with Crippen LogP contribution in [0.1, 0.15) is 15.9 Å². The second-order valence-electron chi connectivity index (χ2n) is 5.79. The molecule has 0 aromatic heterocycles. The predicted octanol–water partition coefficient (Wildman–Crippen LogP) is 3.26. The zero-order valence-electron chi connectivity index (χ0n) is 15.9. The van der Waals surface area contributed by atoms with Gasteiger partial charge in [0.25, 0.3) is 11.8 Å². The van der Waals surface area contributed by atoms with Crippen LogP contribution in [0.5, 0.6) is 17.2 Å². The molecule has 29 heavy (non-hydrogen) atoms. The monoisotopic (exact) mass is 430 g/mol. The lowest BCUT2D eigenvalue weighted by Gasteiger charge is -2.15. The van der Waals surface area contributed by atoms with Crippen LogP contribution in [0, 0.1) is 0 Å². The molecule has 0 radical (unpaired) electrons. The molecule has 1 saturated heterocycles. The van der Waals surface area contributed by atoms with Crippen LogP contribution < -0.4 is 19.6 Å². The van der Waals surface area contributed by atoms with E-state index in [9.17, 15) is 9.59 Å². The quantitative estimate of drug-likeness (QED) is 0.557. The first-order valence-electron chi connectivity index (χ1n) is 8.42. The molecule has 0 saturated carbocycles. The van der Waals surface area contributed by atoms with Crippen LogP contribution in [0.15, 0.2) is 47.4 Å². The van der Waals surface area contributed by atoms with Gasteiger partial charge in [0.05, 0.1) is 26.2 Å². The standard InChI is InChI=1S/C20H18N2O5S2/c1-25-14-7-4-12(5-8-14)18(23)21-22-19(24)17(29-20(22)28)10-13-6-9-15(26-2)11-16(13)27-3/h4-11H,1-3H3,(H,21,23)/b17-10+. The van der Waals surface area contributed by atoms with Crippen LogP contribution in [0.2, 0.25) is 0 Å². The fourth-order valence-corrected chi connectivity index (χ4v) is 3.72. The maximum atomic E-state index is 12.8. The normalized spacial score (nSPS) is 14.9. The van der Waals surface area contributed by atoms with Crippen molar-refractivity contribution in [3.05, 3.63) is 58.5 Å². The molecule has 150 valence electrons. The molecular formula is C20H18N2O5S2. The number of carbonyl (C=O) groups excluding carboxylic acids is 2. The Morgan fingerprint density at radius 2 is 1.69 bits per heavy atom. The van der Waals surface area contributed by atoms with E-state index >= 15 is 0 Å². The zero-order valence-corrected chi connectivity index (χ0v) is 17.6. The highest BCUT2D eigenvalue weighted by atomic mass is 32.2. The summed E-state index contributed by atoms with van der Waals surface area (Å²) in [6, 6.07) is 11.8. The number of thiocarbonyl (C=S) groups is 1. The average Bonchev–Trinajstić information content (AvgIpc) is 3.01. The molecule has 1 aliphatic heterocycles. The van der Waals surface area contributed by atoms with Crippen LogP contribution >= 0.6 is 24.0 Å². The Kier molecular flexibility index (Phi) is 6.40. The van der Waals surface area contributed by atoms with Crippen molar-refractivity contribution in [2.45, 2.75) is 0 Å². The van der Waals surface area contributed by atoms with E-state index < -0.39 is 11.8 Å². The van der Waals surface area contributed by atoms with E-state index in [0.717, 1.165) is 16.8 Å². The van der Waals surface area contributed by atoms with Crippen molar-refractivity contribution in [2.75, 3.05) is 21.3 Å². The summed E-state index contributed by atoms with van der Waals surface area (Å²) in [6.07, 6.45) is 1.66. The third-order valence-electron chi connectivity index (χ3n) is 4.09. The minimum atomic E-state index is -0.452. The molecule has 0 aliphatic carbocycles. The maximum absolute atomic E-state index is 12.8. The van der Waals surface area contributed by atoms with Crippen molar-refractivity contribution in [2.24, 2.45) is 0 Å². The van der Waals surface area contributed by atoms with Crippen molar-refractivity contribution in [1.29, 1.82) is 0 Å². The lowest BCUT2D eigenvalue weighted by atomic mass is 10.1. The molecule has 3 rings (SSSR count). The smallest absolute Gasteiger partial charge is 0.285 e. The Morgan fingerprint density at radius 3 is 2.31 bits per heavy atom. The van der Waals surface area contributed by atoms with E-state index in [1.54, 1.807) is 62.8 Å². The fourth-order valence-electron chi connectivity index (χ4n) is 2.55. The van der Waals surface area contributed by atoms with Gasteiger partial charge in [0, 0.05) is 17.2 Å². The molecule has 9 heteroatoms. The van der Waals surface area contributed by atoms with Crippen LogP contribution in [-0.2, 0) is 4.79 Å². The van der Waals surface area contributed by atoms with Crippen LogP contribution in [0.25, 0.3) is 6.08 Å². The maximum Gasteiger partial charge on any atom is 0.285 e. The fraction of sp³-hybridized carbons (Fsp3) is 0.150. The van der Waals surface area contributed by atoms with E-state index in [2.05, 4.69) is 5.43 Å². The summed E-state index contributed by atoms with van der Waals surface area (Å²) in [6.45, 7) is 0. The topological polar surface area (TPSA) is 77.1 Å². The molecule has 0 unspecified atom stereocenters. The van der Waals surface area contributed by atoms with Gasteiger partial charge in [0.2, 0.25) is 0 Å². The summed E-state index contributed by atoms with van der Waals surface area (Å²) in [4.78, 5) is 25.6. The zero-order chi connectivity index (χ0) is 21.0. The Bertz CT molecular complexity index is 989. The van der Waals surface area contributed by atoms with E-state index in [1.807, 2.05) is 0 Å². The molecule has 2 aromatic rings. The Balaban J connectivity index is 1.78. The number of methoxy groups -OCH3 is 3. The van der Waals surface area contributed by atoms with E-state index in [0.29, 0.717) is 33.3 Å². The van der Waals surface area contributed by atoms with Gasteiger partial charge in [-0.2, -0.15) is 5.01 Å². The Hall–Kier alpha value is -3.04. The highest BCUT2D eigenvalue weighted by Crippen LogP contribution is 2.34. The Morgan fingerprint density at radius 1 is 1.03 bits per heavy atom. The number of rotatable bonds is 6. The number of nitrogens with zero attached hydrogens (tertiary/aromatic N) is 1. The van der Waals surface area contributed by atoms with Crippen LogP contribution in [0.4, 0.5) is 0 Å². The lowest BCUT2D eigenvalue weighted by molar-refractivity contribution is -0.123. The molecule has 2 aromatic carbocycles. The molecule has 2 amide bonds. The van der Waals surface area contributed by atoms with Crippen LogP contribution in [-0.4, -0.2) is 42.5 Å². The van der Waals surface area contributed by atoms with E-state index in [-0.39, 0.29) is 4.32 Å². The number of ether oxygens (including phenoxy) is 3. The number of hydrogen-bond donors (Lipinski definition) is 1. The average molecular weight is 431 g/mol. The number of amides is 2. The number of carbonyl (C=O) groups is 2.